The van der Waals surface area contributed by atoms with Gasteiger partial charge in [-0.1, -0.05) is 0 Å². The first-order valence-corrected chi connectivity index (χ1v) is 7.46. The number of ether oxygens (including phenoxy) is 1. The van der Waals surface area contributed by atoms with Gasteiger partial charge in [0.15, 0.2) is 0 Å². The molecule has 4 heteroatoms. The molecule has 0 saturated carbocycles. The van der Waals surface area contributed by atoms with Gasteiger partial charge < -0.3 is 15.4 Å². The fourth-order valence-corrected chi connectivity index (χ4v) is 2.31. The fraction of sp³-hybridized carbons (Fsp3) is 0.688. The maximum atomic E-state index is 5.99. The predicted molar refractivity (Wildman–Crippen MR) is 82.0 cm³/mol. The lowest BCUT2D eigenvalue weighted by molar-refractivity contribution is 0.110. The molecule has 0 bridgehead atoms. The summed E-state index contributed by atoms with van der Waals surface area (Å²) in [7, 11) is 4.13. The van der Waals surface area contributed by atoms with Crippen LogP contribution in [0.3, 0.4) is 0 Å². The monoisotopic (exact) mass is 277 g/mol. The topological polar surface area (TPSA) is 51.4 Å². The second-order valence-electron chi connectivity index (χ2n) is 6.47. The molecule has 1 aliphatic rings. The highest BCUT2D eigenvalue weighted by Gasteiger charge is 2.23. The van der Waals surface area contributed by atoms with E-state index in [9.17, 15) is 0 Å². The van der Waals surface area contributed by atoms with Crippen molar-refractivity contribution in [2.24, 2.45) is 5.73 Å². The Labute approximate surface area is 122 Å². The molecule has 112 valence electrons. The van der Waals surface area contributed by atoms with Crippen molar-refractivity contribution in [2.75, 3.05) is 20.7 Å². The van der Waals surface area contributed by atoms with Crippen molar-refractivity contribution in [3.8, 4) is 5.88 Å². The van der Waals surface area contributed by atoms with E-state index in [0.29, 0.717) is 13.2 Å². The molecule has 0 aliphatic heterocycles. The van der Waals surface area contributed by atoms with Crippen molar-refractivity contribution in [3.05, 3.63) is 22.9 Å². The number of aryl methyl sites for hydroxylation is 2. The van der Waals surface area contributed by atoms with Gasteiger partial charge in [-0.15, -0.1) is 0 Å². The Morgan fingerprint density at radius 3 is 2.65 bits per heavy atom. The van der Waals surface area contributed by atoms with Gasteiger partial charge in [0.25, 0.3) is 0 Å². The third-order valence-corrected chi connectivity index (χ3v) is 4.33. The number of pyridine rings is 1. The maximum absolute atomic E-state index is 5.99. The smallest absolute Gasteiger partial charge is 0.218 e. The second kappa shape index (κ2) is 6.10. The van der Waals surface area contributed by atoms with Crippen LogP contribution in [0, 0.1) is 0 Å². The first-order chi connectivity index (χ1) is 9.44. The molecular formula is C16H27N3O. The molecule has 2 N–H and O–H groups in total. The normalized spacial score (nSPS) is 15.3. The zero-order valence-corrected chi connectivity index (χ0v) is 13.2. The largest absolute Gasteiger partial charge is 0.475 e. The molecular weight excluding hydrogens is 250 g/mol. The average Bonchev–Trinajstić information content (AvgIpc) is 2.43. The number of nitrogens with two attached hydrogens (primary N) is 1. The number of likely N-dealkylation sites (N-methyl/N-ethyl adjacent to an activating group) is 1. The summed E-state index contributed by atoms with van der Waals surface area (Å²) in [5.74, 6) is 0.725. The third-order valence-electron chi connectivity index (χ3n) is 4.33. The Kier molecular flexibility index (Phi) is 4.66. The molecule has 0 aromatic carbocycles. The van der Waals surface area contributed by atoms with E-state index in [1.54, 1.807) is 0 Å². The zero-order chi connectivity index (χ0) is 14.8. The maximum Gasteiger partial charge on any atom is 0.218 e. The van der Waals surface area contributed by atoms with E-state index < -0.39 is 0 Å². The summed E-state index contributed by atoms with van der Waals surface area (Å²) in [6, 6.07) is 2.19. The molecule has 2 rings (SSSR count). The Bertz CT molecular complexity index is 469. The summed E-state index contributed by atoms with van der Waals surface area (Å²) in [6.07, 6.45) is 4.67. The molecule has 1 heterocycles. The summed E-state index contributed by atoms with van der Waals surface area (Å²) in [6.45, 7) is 5.41. The number of nitrogens with zero attached hydrogens (tertiary/aromatic N) is 2. The number of aromatic nitrogens is 1. The van der Waals surface area contributed by atoms with Gasteiger partial charge >= 0.3 is 0 Å². The van der Waals surface area contributed by atoms with E-state index in [0.717, 1.165) is 24.3 Å². The standard InChI is InChI=1S/C16H27N3O/c1-16(2,19(3)4)11-20-15-13(10-17)9-12-7-5-6-8-14(12)18-15/h9H,5-8,10-11,17H2,1-4H3. The van der Waals surface area contributed by atoms with Crippen LogP contribution in [0.2, 0.25) is 0 Å². The second-order valence-corrected chi connectivity index (χ2v) is 6.47. The molecule has 0 unspecified atom stereocenters. The summed E-state index contributed by atoms with van der Waals surface area (Å²) in [4.78, 5) is 6.89. The van der Waals surface area contributed by atoms with Gasteiger partial charge in [-0.3, -0.25) is 0 Å². The van der Waals surface area contributed by atoms with Crippen LogP contribution in [-0.4, -0.2) is 36.1 Å². The van der Waals surface area contributed by atoms with Crippen molar-refractivity contribution in [3.63, 3.8) is 0 Å². The van der Waals surface area contributed by atoms with Gasteiger partial charge in [-0.25, -0.2) is 4.98 Å². The predicted octanol–water partition coefficient (Wildman–Crippen LogP) is 2.14. The lowest BCUT2D eigenvalue weighted by Crippen LogP contribution is -2.43. The van der Waals surface area contributed by atoms with Gasteiger partial charge in [0.05, 0.1) is 0 Å². The summed E-state index contributed by atoms with van der Waals surface area (Å²) < 4.78 is 5.99. The van der Waals surface area contributed by atoms with Crippen LogP contribution in [0.4, 0.5) is 0 Å². The molecule has 0 saturated heterocycles. The van der Waals surface area contributed by atoms with Crippen LogP contribution in [0.15, 0.2) is 6.07 Å². The highest BCUT2D eigenvalue weighted by Crippen LogP contribution is 2.26. The SMILES string of the molecule is CN(C)C(C)(C)COc1nc2c(cc1CN)CCCC2. The molecule has 1 aliphatic carbocycles. The van der Waals surface area contributed by atoms with Crippen molar-refractivity contribution in [2.45, 2.75) is 51.6 Å². The van der Waals surface area contributed by atoms with Crippen LogP contribution in [0.25, 0.3) is 0 Å². The molecule has 1 aromatic rings. The van der Waals surface area contributed by atoms with Crippen LogP contribution in [0.1, 0.15) is 43.5 Å². The van der Waals surface area contributed by atoms with E-state index in [4.69, 9.17) is 15.5 Å². The number of hydrogen-bond acceptors (Lipinski definition) is 4. The highest BCUT2D eigenvalue weighted by atomic mass is 16.5. The molecule has 0 spiro atoms. The van der Waals surface area contributed by atoms with Crippen molar-refractivity contribution < 1.29 is 4.74 Å². The molecule has 0 radical (unpaired) electrons. The number of fused-ring (bicyclic) bond motifs is 1. The molecule has 4 nitrogen and oxygen atoms in total. The fourth-order valence-electron chi connectivity index (χ4n) is 2.31. The summed E-state index contributed by atoms with van der Waals surface area (Å²) in [5.41, 5.74) is 9.41. The molecule has 0 fully saturated rings. The summed E-state index contributed by atoms with van der Waals surface area (Å²) in [5, 5.41) is 0. The lowest BCUT2D eigenvalue weighted by Gasteiger charge is -2.32. The van der Waals surface area contributed by atoms with Gasteiger partial charge in [0, 0.05) is 23.3 Å². The first-order valence-electron chi connectivity index (χ1n) is 7.46. The first kappa shape index (κ1) is 15.3. The van der Waals surface area contributed by atoms with E-state index in [-0.39, 0.29) is 5.54 Å². The van der Waals surface area contributed by atoms with Gasteiger partial charge in [-0.05, 0) is 65.3 Å². The van der Waals surface area contributed by atoms with E-state index in [1.807, 2.05) is 0 Å². The minimum absolute atomic E-state index is 0.0244. The summed E-state index contributed by atoms with van der Waals surface area (Å²) >= 11 is 0. The molecule has 0 amide bonds. The van der Waals surface area contributed by atoms with Crippen LogP contribution in [-0.2, 0) is 19.4 Å². The van der Waals surface area contributed by atoms with Gasteiger partial charge in [0.1, 0.15) is 6.61 Å². The van der Waals surface area contributed by atoms with Crippen LogP contribution >= 0.6 is 0 Å². The van der Waals surface area contributed by atoms with Gasteiger partial charge in [-0.2, -0.15) is 0 Å². The van der Waals surface area contributed by atoms with Crippen molar-refractivity contribution in [1.82, 2.24) is 9.88 Å². The van der Waals surface area contributed by atoms with Crippen LogP contribution in [0.5, 0.6) is 5.88 Å². The Balaban J connectivity index is 2.18. The molecule has 20 heavy (non-hydrogen) atoms. The zero-order valence-electron chi connectivity index (χ0n) is 13.2. The average molecular weight is 277 g/mol. The Morgan fingerprint density at radius 2 is 2.00 bits per heavy atom. The van der Waals surface area contributed by atoms with E-state index in [1.165, 1.54) is 24.1 Å². The van der Waals surface area contributed by atoms with Crippen molar-refractivity contribution >= 4 is 0 Å². The van der Waals surface area contributed by atoms with Gasteiger partial charge in [0.2, 0.25) is 5.88 Å². The van der Waals surface area contributed by atoms with E-state index in [2.05, 4.69) is 38.9 Å². The minimum atomic E-state index is -0.0244. The quantitative estimate of drug-likeness (QED) is 0.896. The number of hydrogen-bond donors (Lipinski definition) is 1. The van der Waals surface area contributed by atoms with E-state index >= 15 is 0 Å². The third kappa shape index (κ3) is 3.30. The number of rotatable bonds is 5. The van der Waals surface area contributed by atoms with Crippen LogP contribution < -0.4 is 10.5 Å². The highest BCUT2D eigenvalue weighted by molar-refractivity contribution is 5.35. The minimum Gasteiger partial charge on any atom is -0.475 e. The molecule has 0 atom stereocenters. The lowest BCUT2D eigenvalue weighted by atomic mass is 9.95. The van der Waals surface area contributed by atoms with Crippen molar-refractivity contribution in [1.29, 1.82) is 0 Å². The molecule has 1 aromatic heterocycles. The Hall–Kier alpha value is -1.13. The Morgan fingerprint density at radius 1 is 1.30 bits per heavy atom.